The lowest BCUT2D eigenvalue weighted by atomic mass is 9.89. The number of carbonyl (C=O) groups excluding carboxylic acids is 1. The maximum atomic E-state index is 12.3. The number of rotatable bonds is 4. The number of aliphatic hydroxyl groups excluding tert-OH is 1. The van der Waals surface area contributed by atoms with Crippen LogP contribution in [0.2, 0.25) is 0 Å². The van der Waals surface area contributed by atoms with Crippen LogP contribution >= 0.6 is 0 Å². The maximum absolute atomic E-state index is 12.3. The molecule has 2 aliphatic rings. The summed E-state index contributed by atoms with van der Waals surface area (Å²) in [6, 6.07) is 8.69. The Bertz CT molecular complexity index is 552. The van der Waals surface area contributed by atoms with Crippen LogP contribution in [0.5, 0.6) is 0 Å². The molecule has 0 spiro atoms. The summed E-state index contributed by atoms with van der Waals surface area (Å²) in [5.41, 5.74) is 2.28. The summed E-state index contributed by atoms with van der Waals surface area (Å²) in [4.78, 5) is 14.7. The normalized spacial score (nSPS) is 26.2. The van der Waals surface area contributed by atoms with E-state index in [-0.39, 0.29) is 18.1 Å². The first-order valence-corrected chi connectivity index (χ1v) is 9.39. The summed E-state index contributed by atoms with van der Waals surface area (Å²) in [7, 11) is 0. The van der Waals surface area contributed by atoms with Gasteiger partial charge in [-0.3, -0.25) is 9.69 Å². The van der Waals surface area contributed by atoms with Gasteiger partial charge in [0.25, 0.3) is 0 Å². The van der Waals surface area contributed by atoms with Crippen molar-refractivity contribution < 1.29 is 9.90 Å². The van der Waals surface area contributed by atoms with Crippen LogP contribution in [0.15, 0.2) is 24.3 Å². The predicted molar refractivity (Wildman–Crippen MR) is 95.9 cm³/mol. The predicted octanol–water partition coefficient (Wildman–Crippen LogP) is 2.42. The van der Waals surface area contributed by atoms with E-state index in [1.165, 1.54) is 12.0 Å². The smallest absolute Gasteiger partial charge is 0.224 e. The Morgan fingerprint density at radius 3 is 2.58 bits per heavy atom. The van der Waals surface area contributed by atoms with Crippen molar-refractivity contribution in [2.24, 2.45) is 0 Å². The molecule has 1 aliphatic heterocycles. The Labute approximate surface area is 145 Å². The standard InChI is InChI=1S/C20H30N2O2/c1-15-6-2-3-7-16(15)14-20(24)21-17-10-12-22(13-11-17)18-8-4-5-9-19(18)23/h2-3,6-7,17-19,23H,4-5,8-14H2,1H3,(H,21,24). The SMILES string of the molecule is Cc1ccccc1CC(=O)NC1CCN(C2CCCCC2O)CC1. The number of likely N-dealkylation sites (tertiary alicyclic amines) is 1. The molecule has 2 atom stereocenters. The second kappa shape index (κ2) is 8.13. The third-order valence-corrected chi connectivity index (χ3v) is 5.67. The van der Waals surface area contributed by atoms with Crippen LogP contribution in [0.1, 0.15) is 49.7 Å². The first-order chi connectivity index (χ1) is 11.6. The number of aliphatic hydroxyl groups is 1. The molecule has 0 radical (unpaired) electrons. The van der Waals surface area contributed by atoms with Gasteiger partial charge in [0, 0.05) is 25.2 Å². The minimum atomic E-state index is -0.161. The van der Waals surface area contributed by atoms with Crippen molar-refractivity contribution in [2.45, 2.75) is 70.1 Å². The van der Waals surface area contributed by atoms with Crippen molar-refractivity contribution >= 4 is 5.91 Å². The number of aryl methyl sites for hydroxylation is 1. The average molecular weight is 330 g/mol. The number of nitrogens with one attached hydrogen (secondary N) is 1. The molecule has 3 rings (SSSR count). The van der Waals surface area contributed by atoms with Gasteiger partial charge in [-0.05, 0) is 43.7 Å². The average Bonchev–Trinajstić information content (AvgIpc) is 2.58. The molecule has 1 amide bonds. The molecule has 0 bridgehead atoms. The fourth-order valence-electron chi connectivity index (χ4n) is 4.15. The first kappa shape index (κ1) is 17.4. The second-order valence-corrected chi connectivity index (χ2v) is 7.40. The van der Waals surface area contributed by atoms with Crippen molar-refractivity contribution in [1.29, 1.82) is 0 Å². The van der Waals surface area contributed by atoms with E-state index in [0.29, 0.717) is 12.5 Å². The Morgan fingerprint density at radius 1 is 1.17 bits per heavy atom. The molecule has 24 heavy (non-hydrogen) atoms. The zero-order valence-electron chi connectivity index (χ0n) is 14.7. The van der Waals surface area contributed by atoms with E-state index in [0.717, 1.165) is 50.8 Å². The molecule has 1 saturated carbocycles. The summed E-state index contributed by atoms with van der Waals surface area (Å²) in [5, 5.41) is 13.4. The quantitative estimate of drug-likeness (QED) is 0.891. The zero-order valence-corrected chi connectivity index (χ0v) is 14.7. The van der Waals surface area contributed by atoms with Crippen LogP contribution < -0.4 is 5.32 Å². The number of hydrogen-bond acceptors (Lipinski definition) is 3. The molecule has 2 N–H and O–H groups in total. The minimum absolute atomic E-state index is 0.125. The molecule has 1 aromatic rings. The Morgan fingerprint density at radius 2 is 1.88 bits per heavy atom. The Balaban J connectivity index is 1.45. The third kappa shape index (κ3) is 4.37. The van der Waals surface area contributed by atoms with Crippen LogP contribution in [-0.4, -0.2) is 47.2 Å². The van der Waals surface area contributed by atoms with Gasteiger partial charge in [-0.1, -0.05) is 37.1 Å². The van der Waals surface area contributed by atoms with E-state index in [1.807, 2.05) is 18.2 Å². The van der Waals surface area contributed by atoms with Gasteiger partial charge in [-0.25, -0.2) is 0 Å². The summed E-state index contributed by atoms with van der Waals surface area (Å²) >= 11 is 0. The molecule has 1 saturated heterocycles. The molecule has 132 valence electrons. The van der Waals surface area contributed by atoms with Gasteiger partial charge in [0.1, 0.15) is 0 Å². The maximum Gasteiger partial charge on any atom is 0.224 e. The monoisotopic (exact) mass is 330 g/mol. The van der Waals surface area contributed by atoms with E-state index in [2.05, 4.69) is 23.2 Å². The van der Waals surface area contributed by atoms with Crippen molar-refractivity contribution in [3.8, 4) is 0 Å². The van der Waals surface area contributed by atoms with Crippen molar-refractivity contribution in [3.63, 3.8) is 0 Å². The lowest BCUT2D eigenvalue weighted by molar-refractivity contribution is -0.121. The molecule has 2 fully saturated rings. The van der Waals surface area contributed by atoms with Gasteiger partial charge in [0.2, 0.25) is 5.91 Å². The van der Waals surface area contributed by atoms with Gasteiger partial charge < -0.3 is 10.4 Å². The number of benzene rings is 1. The molecule has 4 heteroatoms. The lowest BCUT2D eigenvalue weighted by Gasteiger charge is -2.41. The Hall–Kier alpha value is -1.39. The van der Waals surface area contributed by atoms with Gasteiger partial charge in [-0.2, -0.15) is 0 Å². The van der Waals surface area contributed by atoms with Crippen LogP contribution in [0.4, 0.5) is 0 Å². The highest BCUT2D eigenvalue weighted by molar-refractivity contribution is 5.79. The summed E-state index contributed by atoms with van der Waals surface area (Å²) in [6.07, 6.45) is 6.73. The van der Waals surface area contributed by atoms with E-state index >= 15 is 0 Å². The molecule has 2 unspecified atom stereocenters. The van der Waals surface area contributed by atoms with Crippen LogP contribution in [0.25, 0.3) is 0 Å². The highest BCUT2D eigenvalue weighted by Crippen LogP contribution is 2.25. The molecule has 0 aromatic heterocycles. The van der Waals surface area contributed by atoms with Crippen molar-refractivity contribution in [3.05, 3.63) is 35.4 Å². The van der Waals surface area contributed by atoms with Crippen molar-refractivity contribution in [2.75, 3.05) is 13.1 Å². The fraction of sp³-hybridized carbons (Fsp3) is 0.650. The zero-order chi connectivity index (χ0) is 16.9. The highest BCUT2D eigenvalue weighted by Gasteiger charge is 2.31. The van der Waals surface area contributed by atoms with E-state index in [1.54, 1.807) is 0 Å². The summed E-state index contributed by atoms with van der Waals surface area (Å²) < 4.78 is 0. The van der Waals surface area contributed by atoms with E-state index in [4.69, 9.17) is 0 Å². The number of nitrogens with zero attached hydrogens (tertiary/aromatic N) is 1. The van der Waals surface area contributed by atoms with Gasteiger partial charge in [0.05, 0.1) is 12.5 Å². The van der Waals surface area contributed by atoms with Crippen LogP contribution in [0, 0.1) is 6.92 Å². The number of hydrogen-bond donors (Lipinski definition) is 2. The number of carbonyl (C=O) groups is 1. The summed E-state index contributed by atoms with van der Waals surface area (Å²) in [5.74, 6) is 0.125. The van der Waals surface area contributed by atoms with E-state index in [9.17, 15) is 9.90 Å². The van der Waals surface area contributed by atoms with Crippen molar-refractivity contribution in [1.82, 2.24) is 10.2 Å². The van der Waals surface area contributed by atoms with Gasteiger partial charge in [-0.15, -0.1) is 0 Å². The first-order valence-electron chi connectivity index (χ1n) is 9.39. The number of piperidine rings is 1. The molecular formula is C20H30N2O2. The molecule has 1 heterocycles. The van der Waals surface area contributed by atoms with E-state index < -0.39 is 0 Å². The van der Waals surface area contributed by atoms with Gasteiger partial charge in [0.15, 0.2) is 0 Å². The topological polar surface area (TPSA) is 52.6 Å². The molecule has 4 nitrogen and oxygen atoms in total. The number of amides is 1. The van der Waals surface area contributed by atoms with Crippen LogP contribution in [-0.2, 0) is 11.2 Å². The highest BCUT2D eigenvalue weighted by atomic mass is 16.3. The fourth-order valence-corrected chi connectivity index (χ4v) is 4.15. The summed E-state index contributed by atoms with van der Waals surface area (Å²) in [6.45, 7) is 4.02. The largest absolute Gasteiger partial charge is 0.391 e. The minimum Gasteiger partial charge on any atom is -0.391 e. The lowest BCUT2D eigenvalue weighted by Crippen LogP contribution is -2.52. The third-order valence-electron chi connectivity index (χ3n) is 5.67. The molecule has 1 aromatic carbocycles. The Kier molecular flexibility index (Phi) is 5.90. The molecule has 1 aliphatic carbocycles. The molecular weight excluding hydrogens is 300 g/mol. The second-order valence-electron chi connectivity index (χ2n) is 7.40. The van der Waals surface area contributed by atoms with Gasteiger partial charge >= 0.3 is 0 Å². The van der Waals surface area contributed by atoms with Crippen LogP contribution in [0.3, 0.4) is 0 Å².